The molecule has 23 heavy (non-hydrogen) atoms. The lowest BCUT2D eigenvalue weighted by molar-refractivity contribution is 0.223. The topological polar surface area (TPSA) is 32.9 Å². The molecule has 118 valence electrons. The van der Waals surface area contributed by atoms with E-state index in [0.29, 0.717) is 11.1 Å². The maximum absolute atomic E-state index is 14.5. The van der Waals surface area contributed by atoms with Crippen LogP contribution in [-0.4, -0.2) is 4.98 Å². The molecule has 0 unspecified atom stereocenters. The van der Waals surface area contributed by atoms with Crippen molar-refractivity contribution in [2.75, 3.05) is 0 Å². The Kier molecular flexibility index (Phi) is 3.80. The van der Waals surface area contributed by atoms with Crippen LogP contribution in [0.25, 0.3) is 10.9 Å². The number of fused-ring (bicyclic) bond motifs is 1. The quantitative estimate of drug-likeness (QED) is 0.751. The molecule has 1 aromatic heterocycles. The van der Waals surface area contributed by atoms with Crippen molar-refractivity contribution in [3.8, 4) is 0 Å². The standard InChI is InChI=1S/C20H20FNO/c1-13-4-6-14(7-5-13)10-15-8-9-18-16(11-15)17(20(2,3)21)12-19(23)22-18/h4-9,11-12H,10H2,1-3H3,(H,22,23). The summed E-state index contributed by atoms with van der Waals surface area (Å²) in [6, 6.07) is 15.6. The monoisotopic (exact) mass is 309 g/mol. The SMILES string of the molecule is Cc1ccc(Cc2ccc3[nH]c(=O)cc(C(C)(C)F)c3c2)cc1. The summed E-state index contributed by atoms with van der Waals surface area (Å²) in [5.74, 6) is 0. The minimum absolute atomic E-state index is 0.274. The van der Waals surface area contributed by atoms with Gasteiger partial charge in [-0.25, -0.2) is 4.39 Å². The third-order valence-corrected chi connectivity index (χ3v) is 4.08. The zero-order chi connectivity index (χ0) is 16.6. The maximum atomic E-state index is 14.5. The van der Waals surface area contributed by atoms with Gasteiger partial charge in [0, 0.05) is 22.5 Å². The minimum atomic E-state index is -1.56. The zero-order valence-corrected chi connectivity index (χ0v) is 13.6. The molecule has 1 heterocycles. The Morgan fingerprint density at radius 3 is 2.30 bits per heavy atom. The first-order chi connectivity index (χ1) is 10.8. The second kappa shape index (κ2) is 5.65. The summed E-state index contributed by atoms with van der Waals surface area (Å²) in [5, 5.41) is 0.765. The lowest BCUT2D eigenvalue weighted by atomic mass is 9.94. The van der Waals surface area contributed by atoms with Crippen molar-refractivity contribution < 1.29 is 4.39 Å². The number of rotatable bonds is 3. The number of aromatic amines is 1. The molecule has 0 aliphatic carbocycles. The maximum Gasteiger partial charge on any atom is 0.248 e. The molecule has 0 fully saturated rings. The van der Waals surface area contributed by atoms with Gasteiger partial charge in [0.2, 0.25) is 5.56 Å². The van der Waals surface area contributed by atoms with Crippen molar-refractivity contribution in [2.45, 2.75) is 32.9 Å². The summed E-state index contributed by atoms with van der Waals surface area (Å²) in [6.45, 7) is 5.02. The lowest BCUT2D eigenvalue weighted by Crippen LogP contribution is -2.16. The zero-order valence-electron chi connectivity index (χ0n) is 13.6. The number of nitrogens with one attached hydrogen (secondary N) is 1. The fourth-order valence-corrected chi connectivity index (χ4v) is 2.84. The predicted octanol–water partition coefficient (Wildman–Crippen LogP) is 4.63. The van der Waals surface area contributed by atoms with Crippen LogP contribution in [0.4, 0.5) is 4.39 Å². The van der Waals surface area contributed by atoms with Crippen molar-refractivity contribution in [1.29, 1.82) is 0 Å². The van der Waals surface area contributed by atoms with Gasteiger partial charge in [0.15, 0.2) is 0 Å². The largest absolute Gasteiger partial charge is 0.322 e. The fourth-order valence-electron chi connectivity index (χ4n) is 2.84. The number of halogens is 1. The number of benzene rings is 2. The number of hydrogen-bond donors (Lipinski definition) is 1. The van der Waals surface area contributed by atoms with E-state index in [1.807, 2.05) is 18.2 Å². The first kappa shape index (κ1) is 15.5. The van der Waals surface area contributed by atoms with Crippen LogP contribution in [0.3, 0.4) is 0 Å². The Morgan fingerprint density at radius 1 is 1.00 bits per heavy atom. The molecule has 0 aliphatic heterocycles. The van der Waals surface area contributed by atoms with Crippen molar-refractivity contribution in [2.24, 2.45) is 0 Å². The molecule has 0 spiro atoms. The molecule has 0 radical (unpaired) electrons. The van der Waals surface area contributed by atoms with Gasteiger partial charge in [-0.3, -0.25) is 4.79 Å². The van der Waals surface area contributed by atoms with Crippen molar-refractivity contribution in [3.05, 3.63) is 81.1 Å². The number of hydrogen-bond acceptors (Lipinski definition) is 1. The highest BCUT2D eigenvalue weighted by Crippen LogP contribution is 2.30. The summed E-state index contributed by atoms with van der Waals surface area (Å²) in [4.78, 5) is 14.5. The molecule has 3 aromatic rings. The number of aryl methyl sites for hydroxylation is 1. The third-order valence-electron chi connectivity index (χ3n) is 4.08. The molecule has 3 rings (SSSR count). The minimum Gasteiger partial charge on any atom is -0.322 e. The molecule has 2 aromatic carbocycles. The van der Waals surface area contributed by atoms with Crippen LogP contribution in [0.5, 0.6) is 0 Å². The van der Waals surface area contributed by atoms with Gasteiger partial charge in [-0.05, 0) is 50.5 Å². The van der Waals surface area contributed by atoms with Gasteiger partial charge in [-0.15, -0.1) is 0 Å². The number of alkyl halides is 1. The van der Waals surface area contributed by atoms with E-state index in [-0.39, 0.29) is 5.56 Å². The average Bonchev–Trinajstić information content (AvgIpc) is 2.48. The summed E-state index contributed by atoms with van der Waals surface area (Å²) in [6.07, 6.45) is 0.779. The Balaban J connectivity index is 2.09. The molecule has 1 N–H and O–H groups in total. The van der Waals surface area contributed by atoms with Crippen LogP contribution in [0.2, 0.25) is 0 Å². The molecule has 0 amide bonds. The highest BCUT2D eigenvalue weighted by Gasteiger charge is 2.22. The molecule has 0 saturated carbocycles. The molecule has 2 nitrogen and oxygen atoms in total. The van der Waals surface area contributed by atoms with Gasteiger partial charge < -0.3 is 4.98 Å². The first-order valence-corrected chi connectivity index (χ1v) is 7.74. The molecular weight excluding hydrogens is 289 g/mol. The summed E-state index contributed by atoms with van der Waals surface area (Å²) < 4.78 is 14.5. The van der Waals surface area contributed by atoms with Gasteiger partial charge in [0.05, 0.1) is 0 Å². The van der Waals surface area contributed by atoms with E-state index >= 15 is 0 Å². The van der Waals surface area contributed by atoms with Crippen LogP contribution in [0.15, 0.2) is 53.3 Å². The second-order valence-corrected chi connectivity index (χ2v) is 6.56. The van der Waals surface area contributed by atoms with Crippen molar-refractivity contribution >= 4 is 10.9 Å². The lowest BCUT2D eigenvalue weighted by Gasteiger charge is -2.17. The van der Waals surface area contributed by atoms with Crippen molar-refractivity contribution in [3.63, 3.8) is 0 Å². The van der Waals surface area contributed by atoms with Gasteiger partial charge in [0.25, 0.3) is 0 Å². The highest BCUT2D eigenvalue weighted by molar-refractivity contribution is 5.83. The van der Waals surface area contributed by atoms with E-state index in [9.17, 15) is 9.18 Å². The molecule has 0 saturated heterocycles. The van der Waals surface area contributed by atoms with Gasteiger partial charge in [-0.1, -0.05) is 35.9 Å². The normalized spacial score (nSPS) is 11.8. The Hall–Kier alpha value is -2.42. The van der Waals surface area contributed by atoms with Crippen LogP contribution in [0, 0.1) is 6.92 Å². The second-order valence-electron chi connectivity index (χ2n) is 6.56. The van der Waals surface area contributed by atoms with E-state index < -0.39 is 5.67 Å². The van der Waals surface area contributed by atoms with Crippen LogP contribution >= 0.6 is 0 Å². The molecule has 3 heteroatoms. The fraction of sp³-hybridized carbons (Fsp3) is 0.250. The molecule has 0 atom stereocenters. The van der Waals surface area contributed by atoms with Gasteiger partial charge in [0.1, 0.15) is 5.67 Å². The van der Waals surface area contributed by atoms with E-state index in [0.717, 1.165) is 17.4 Å². The molecule has 0 bridgehead atoms. The number of H-pyrrole nitrogens is 1. The molecule has 0 aliphatic rings. The number of aromatic nitrogens is 1. The average molecular weight is 309 g/mol. The van der Waals surface area contributed by atoms with Crippen LogP contribution in [0.1, 0.15) is 36.1 Å². The first-order valence-electron chi connectivity index (χ1n) is 7.74. The smallest absolute Gasteiger partial charge is 0.248 e. The van der Waals surface area contributed by atoms with Crippen molar-refractivity contribution in [1.82, 2.24) is 4.98 Å². The predicted molar refractivity (Wildman–Crippen MR) is 92.7 cm³/mol. The summed E-state index contributed by atoms with van der Waals surface area (Å²) in [7, 11) is 0. The van der Waals surface area contributed by atoms with Crippen LogP contribution < -0.4 is 5.56 Å². The third kappa shape index (κ3) is 3.34. The van der Waals surface area contributed by atoms with Crippen LogP contribution in [-0.2, 0) is 12.1 Å². The highest BCUT2D eigenvalue weighted by atomic mass is 19.1. The Bertz CT molecular complexity index is 902. The van der Waals surface area contributed by atoms with Gasteiger partial charge in [-0.2, -0.15) is 0 Å². The summed E-state index contributed by atoms with van der Waals surface area (Å²) in [5.41, 5.74) is 2.80. The molecular formula is C20H20FNO. The summed E-state index contributed by atoms with van der Waals surface area (Å²) >= 11 is 0. The number of pyridine rings is 1. The van der Waals surface area contributed by atoms with E-state index in [1.165, 1.54) is 31.0 Å². The van der Waals surface area contributed by atoms with E-state index in [4.69, 9.17) is 0 Å². The Labute approximate surface area is 135 Å². The van der Waals surface area contributed by atoms with E-state index in [2.05, 4.69) is 36.2 Å². The van der Waals surface area contributed by atoms with Gasteiger partial charge >= 0.3 is 0 Å². The van der Waals surface area contributed by atoms with E-state index in [1.54, 1.807) is 0 Å². The Morgan fingerprint density at radius 2 is 1.65 bits per heavy atom.